The van der Waals surface area contributed by atoms with E-state index in [0.717, 1.165) is 22.8 Å². The molecule has 1 nitrogen and oxygen atoms in total. The fourth-order valence-corrected chi connectivity index (χ4v) is 0.835. The van der Waals surface area contributed by atoms with Crippen molar-refractivity contribution in [1.82, 2.24) is 5.32 Å². The van der Waals surface area contributed by atoms with Crippen LogP contribution in [0.3, 0.4) is 0 Å². The quantitative estimate of drug-likeness (QED) is 0.476. The van der Waals surface area contributed by atoms with E-state index in [-0.39, 0.29) is 0 Å². The van der Waals surface area contributed by atoms with Crippen LogP contribution in [0, 0.1) is 0 Å². The maximum atomic E-state index is 4.84. The number of rotatable bonds is 0. The SMILES string of the molecule is S=C1CNCC1=S. The van der Waals surface area contributed by atoms with Crippen LogP contribution < -0.4 is 5.32 Å². The second kappa shape index (κ2) is 1.94. The summed E-state index contributed by atoms with van der Waals surface area (Å²) in [7, 11) is 0. The van der Waals surface area contributed by atoms with Gasteiger partial charge in [-0.25, -0.2) is 0 Å². The van der Waals surface area contributed by atoms with Crippen molar-refractivity contribution in [3.8, 4) is 0 Å². The van der Waals surface area contributed by atoms with Crippen molar-refractivity contribution in [2.45, 2.75) is 0 Å². The topological polar surface area (TPSA) is 12.0 Å². The molecule has 0 radical (unpaired) electrons. The Hall–Kier alpha value is 0.140. The molecule has 0 aromatic heterocycles. The lowest BCUT2D eigenvalue weighted by molar-refractivity contribution is 0.937. The summed E-state index contributed by atoms with van der Waals surface area (Å²) in [5.41, 5.74) is 0. The third-order valence-corrected chi connectivity index (χ3v) is 1.79. The number of thiocarbonyl (C=S) groups is 2. The van der Waals surface area contributed by atoms with Crippen molar-refractivity contribution in [2.24, 2.45) is 0 Å². The Morgan fingerprint density at radius 3 is 1.71 bits per heavy atom. The second-order valence-electron chi connectivity index (χ2n) is 1.45. The molecule has 0 aliphatic carbocycles. The number of hydrogen-bond acceptors (Lipinski definition) is 3. The molecular formula is C4H5NS2. The van der Waals surface area contributed by atoms with Crippen LogP contribution in [-0.2, 0) is 0 Å². The van der Waals surface area contributed by atoms with E-state index in [1.807, 2.05) is 0 Å². The highest BCUT2D eigenvalue weighted by Crippen LogP contribution is 1.89. The molecule has 0 spiro atoms. The zero-order valence-corrected chi connectivity index (χ0v) is 5.36. The highest BCUT2D eigenvalue weighted by atomic mass is 32.1. The lowest BCUT2D eigenvalue weighted by Crippen LogP contribution is -2.06. The molecule has 0 aromatic rings. The normalized spacial score (nSPS) is 21.1. The molecule has 1 rings (SSSR count). The standard InChI is InChI=1S/C4H5NS2/c6-3-1-5-2-4(3)7/h5H,1-2H2. The van der Waals surface area contributed by atoms with E-state index in [9.17, 15) is 0 Å². The van der Waals surface area contributed by atoms with E-state index in [0.29, 0.717) is 0 Å². The Bertz CT molecular complexity index is 105. The first-order valence-electron chi connectivity index (χ1n) is 2.07. The molecule has 3 heteroatoms. The summed E-state index contributed by atoms with van der Waals surface area (Å²) in [4.78, 5) is 1.82. The van der Waals surface area contributed by atoms with Crippen molar-refractivity contribution in [2.75, 3.05) is 13.1 Å². The van der Waals surface area contributed by atoms with Gasteiger partial charge in [-0.05, 0) is 0 Å². The van der Waals surface area contributed by atoms with Gasteiger partial charge < -0.3 is 5.32 Å². The van der Waals surface area contributed by atoms with Gasteiger partial charge in [-0.2, -0.15) is 0 Å². The average Bonchev–Trinajstić information content (AvgIpc) is 1.91. The first-order chi connectivity index (χ1) is 3.30. The molecule has 0 aromatic carbocycles. The van der Waals surface area contributed by atoms with Crippen molar-refractivity contribution in [3.63, 3.8) is 0 Å². The van der Waals surface area contributed by atoms with Gasteiger partial charge in [0, 0.05) is 22.8 Å². The zero-order valence-electron chi connectivity index (χ0n) is 3.73. The van der Waals surface area contributed by atoms with Crippen molar-refractivity contribution < 1.29 is 0 Å². The highest BCUT2D eigenvalue weighted by Gasteiger charge is 2.09. The minimum atomic E-state index is 0.814. The Labute approximate surface area is 53.1 Å². The van der Waals surface area contributed by atoms with Crippen molar-refractivity contribution >= 4 is 34.2 Å². The molecule has 1 heterocycles. The Kier molecular flexibility index (Phi) is 1.46. The molecule has 0 atom stereocenters. The molecular weight excluding hydrogens is 126 g/mol. The molecule has 1 aliphatic heterocycles. The summed E-state index contributed by atoms with van der Waals surface area (Å²) in [6, 6.07) is 0. The molecule has 0 bridgehead atoms. The highest BCUT2D eigenvalue weighted by molar-refractivity contribution is 7.89. The monoisotopic (exact) mass is 131 g/mol. The molecule has 0 unspecified atom stereocenters. The van der Waals surface area contributed by atoms with Crippen LogP contribution >= 0.6 is 24.4 Å². The lowest BCUT2D eigenvalue weighted by atomic mass is 10.4. The first kappa shape index (κ1) is 5.28. The second-order valence-corrected chi connectivity index (χ2v) is 2.44. The van der Waals surface area contributed by atoms with E-state index in [4.69, 9.17) is 24.4 Å². The summed E-state index contributed by atoms with van der Waals surface area (Å²) in [5.74, 6) is 0. The summed E-state index contributed by atoms with van der Waals surface area (Å²) in [5, 5.41) is 3.04. The molecule has 38 valence electrons. The van der Waals surface area contributed by atoms with Crippen LogP contribution in [-0.4, -0.2) is 22.8 Å². The Morgan fingerprint density at radius 2 is 1.57 bits per heavy atom. The molecule has 1 aliphatic rings. The van der Waals surface area contributed by atoms with Gasteiger partial charge in [0.15, 0.2) is 0 Å². The van der Waals surface area contributed by atoms with Crippen LogP contribution in [0.5, 0.6) is 0 Å². The van der Waals surface area contributed by atoms with Gasteiger partial charge in [0.2, 0.25) is 0 Å². The van der Waals surface area contributed by atoms with E-state index in [1.54, 1.807) is 0 Å². The van der Waals surface area contributed by atoms with Gasteiger partial charge in [0.1, 0.15) is 0 Å². The van der Waals surface area contributed by atoms with Gasteiger partial charge in [-0.15, -0.1) is 0 Å². The molecule has 0 amide bonds. The van der Waals surface area contributed by atoms with Gasteiger partial charge in [0.25, 0.3) is 0 Å². The van der Waals surface area contributed by atoms with Crippen molar-refractivity contribution in [1.29, 1.82) is 0 Å². The minimum absolute atomic E-state index is 0.814. The molecule has 1 N–H and O–H groups in total. The maximum absolute atomic E-state index is 4.84. The van der Waals surface area contributed by atoms with Crippen molar-refractivity contribution in [3.05, 3.63) is 0 Å². The summed E-state index contributed by atoms with van der Waals surface area (Å²) in [6.45, 7) is 1.63. The van der Waals surface area contributed by atoms with E-state index in [1.165, 1.54) is 0 Å². The summed E-state index contributed by atoms with van der Waals surface area (Å²) >= 11 is 9.68. The molecule has 7 heavy (non-hydrogen) atoms. The predicted octanol–water partition coefficient (Wildman–Crippen LogP) is 0.329. The van der Waals surface area contributed by atoms with Crippen LogP contribution in [0.2, 0.25) is 0 Å². The smallest absolute Gasteiger partial charge is 0.0442 e. The van der Waals surface area contributed by atoms with Gasteiger partial charge in [-0.1, -0.05) is 24.4 Å². The lowest BCUT2D eigenvalue weighted by Gasteiger charge is -1.79. The fraction of sp³-hybridized carbons (Fsp3) is 0.500. The Balaban J connectivity index is 2.65. The van der Waals surface area contributed by atoms with E-state index < -0.39 is 0 Å². The third-order valence-electron chi connectivity index (χ3n) is 0.882. The van der Waals surface area contributed by atoms with Gasteiger partial charge in [-0.3, -0.25) is 0 Å². The van der Waals surface area contributed by atoms with Crippen LogP contribution in [0.4, 0.5) is 0 Å². The fourth-order valence-electron chi connectivity index (χ4n) is 0.487. The first-order valence-corrected chi connectivity index (χ1v) is 2.89. The van der Waals surface area contributed by atoms with Crippen LogP contribution in [0.1, 0.15) is 0 Å². The number of hydrogen-bond donors (Lipinski definition) is 1. The summed E-state index contributed by atoms with van der Waals surface area (Å²) in [6.07, 6.45) is 0. The van der Waals surface area contributed by atoms with E-state index in [2.05, 4.69) is 5.32 Å². The summed E-state index contributed by atoms with van der Waals surface area (Å²) < 4.78 is 0. The average molecular weight is 131 g/mol. The zero-order chi connectivity index (χ0) is 5.28. The van der Waals surface area contributed by atoms with Crippen LogP contribution in [0.25, 0.3) is 0 Å². The van der Waals surface area contributed by atoms with Crippen LogP contribution in [0.15, 0.2) is 0 Å². The largest absolute Gasteiger partial charge is 0.307 e. The van der Waals surface area contributed by atoms with Gasteiger partial charge >= 0.3 is 0 Å². The number of nitrogens with one attached hydrogen (secondary N) is 1. The molecule has 1 fully saturated rings. The Morgan fingerprint density at radius 1 is 1.14 bits per heavy atom. The molecule has 0 saturated carbocycles. The van der Waals surface area contributed by atoms with Gasteiger partial charge in [0.05, 0.1) is 0 Å². The van der Waals surface area contributed by atoms with E-state index >= 15 is 0 Å². The minimum Gasteiger partial charge on any atom is -0.307 e. The molecule has 1 saturated heterocycles. The third kappa shape index (κ3) is 1.02. The predicted molar refractivity (Wildman–Crippen MR) is 38.1 cm³/mol. The maximum Gasteiger partial charge on any atom is 0.0442 e.